The molecule has 1 aromatic carbocycles. The van der Waals surface area contributed by atoms with Crippen LogP contribution in [0.4, 0.5) is 5.00 Å². The van der Waals surface area contributed by atoms with Crippen molar-refractivity contribution < 1.29 is 23.8 Å². The Kier molecular flexibility index (Phi) is 7.29. The van der Waals surface area contributed by atoms with E-state index in [-0.39, 0.29) is 12.7 Å². The van der Waals surface area contributed by atoms with Gasteiger partial charge in [-0.15, -0.1) is 11.3 Å². The van der Waals surface area contributed by atoms with Crippen LogP contribution in [0.5, 0.6) is 11.5 Å². The second-order valence-electron chi connectivity index (χ2n) is 7.82. The van der Waals surface area contributed by atoms with Crippen molar-refractivity contribution in [2.24, 2.45) is 0 Å². The van der Waals surface area contributed by atoms with E-state index in [1.165, 1.54) is 16.9 Å². The van der Waals surface area contributed by atoms with Gasteiger partial charge in [-0.2, -0.15) is 0 Å². The van der Waals surface area contributed by atoms with Gasteiger partial charge >= 0.3 is 5.97 Å². The number of ether oxygens (including phenoxy) is 3. The first-order chi connectivity index (χ1) is 15.6. The number of piperazine rings is 1. The third kappa shape index (κ3) is 5.40. The molecule has 0 atom stereocenters. The molecule has 0 unspecified atom stereocenters. The van der Waals surface area contributed by atoms with Crippen LogP contribution >= 0.6 is 11.3 Å². The SMILES string of the molecule is CCOC(=O)c1cc(CC)sc1NC(=O)CN1CCN(Cc2ccc3c(c2)OCO3)CC1. The maximum Gasteiger partial charge on any atom is 0.341 e. The van der Waals surface area contributed by atoms with E-state index in [1.54, 1.807) is 6.92 Å². The topological polar surface area (TPSA) is 80.3 Å². The molecule has 0 spiro atoms. The zero-order valence-electron chi connectivity index (χ0n) is 18.5. The first-order valence-electron chi connectivity index (χ1n) is 11.0. The van der Waals surface area contributed by atoms with Crippen molar-refractivity contribution in [3.8, 4) is 11.5 Å². The summed E-state index contributed by atoms with van der Waals surface area (Å²) in [5.74, 6) is 1.10. The van der Waals surface area contributed by atoms with Crippen LogP contribution < -0.4 is 14.8 Å². The molecule has 1 saturated heterocycles. The van der Waals surface area contributed by atoms with E-state index in [0.29, 0.717) is 23.7 Å². The molecule has 1 N–H and O–H groups in total. The van der Waals surface area contributed by atoms with E-state index < -0.39 is 5.97 Å². The minimum atomic E-state index is -0.393. The highest BCUT2D eigenvalue weighted by Gasteiger charge is 2.23. The molecule has 1 fully saturated rings. The molecule has 4 rings (SSSR count). The summed E-state index contributed by atoms with van der Waals surface area (Å²) in [6.45, 7) is 8.93. The van der Waals surface area contributed by atoms with Crippen LogP contribution in [0.1, 0.15) is 34.6 Å². The Hall–Kier alpha value is -2.62. The molecule has 2 aliphatic heterocycles. The maximum atomic E-state index is 12.7. The number of amides is 1. The number of anilines is 1. The molecule has 1 aromatic heterocycles. The Morgan fingerprint density at radius 1 is 1.06 bits per heavy atom. The van der Waals surface area contributed by atoms with E-state index in [0.717, 1.165) is 55.5 Å². The number of carbonyl (C=O) groups excluding carboxylic acids is 2. The van der Waals surface area contributed by atoms with Gasteiger partial charge in [-0.05, 0) is 37.1 Å². The van der Waals surface area contributed by atoms with Crippen molar-refractivity contribution in [3.05, 3.63) is 40.3 Å². The fraction of sp³-hybridized carbons (Fsp3) is 0.478. The molecule has 2 aromatic rings. The monoisotopic (exact) mass is 459 g/mol. The fourth-order valence-corrected chi connectivity index (χ4v) is 4.84. The maximum absolute atomic E-state index is 12.7. The minimum Gasteiger partial charge on any atom is -0.462 e. The van der Waals surface area contributed by atoms with Crippen LogP contribution in [-0.2, 0) is 22.5 Å². The number of hydrogen-bond donors (Lipinski definition) is 1. The number of aryl methyl sites for hydroxylation is 1. The summed E-state index contributed by atoms with van der Waals surface area (Å²) in [4.78, 5) is 30.4. The molecule has 9 heteroatoms. The molecule has 8 nitrogen and oxygen atoms in total. The number of rotatable bonds is 8. The average Bonchev–Trinajstić information content (AvgIpc) is 3.41. The molecule has 0 aliphatic carbocycles. The quantitative estimate of drug-likeness (QED) is 0.608. The van der Waals surface area contributed by atoms with Crippen molar-refractivity contribution in [3.63, 3.8) is 0 Å². The number of nitrogens with zero attached hydrogens (tertiary/aromatic N) is 2. The predicted molar refractivity (Wildman–Crippen MR) is 123 cm³/mol. The first kappa shape index (κ1) is 22.6. The Balaban J connectivity index is 1.27. The highest BCUT2D eigenvalue weighted by atomic mass is 32.1. The summed E-state index contributed by atoms with van der Waals surface area (Å²) in [6, 6.07) is 7.87. The minimum absolute atomic E-state index is 0.107. The van der Waals surface area contributed by atoms with Crippen LogP contribution in [0.2, 0.25) is 0 Å². The number of nitrogens with one attached hydrogen (secondary N) is 1. The Labute approximate surface area is 192 Å². The summed E-state index contributed by atoms with van der Waals surface area (Å²) < 4.78 is 16.0. The van der Waals surface area contributed by atoms with Crippen LogP contribution in [0, 0.1) is 0 Å². The number of carbonyl (C=O) groups is 2. The molecule has 0 bridgehead atoms. The van der Waals surface area contributed by atoms with Crippen LogP contribution in [-0.4, -0.2) is 67.8 Å². The lowest BCUT2D eigenvalue weighted by Gasteiger charge is -2.34. The van der Waals surface area contributed by atoms with Gasteiger partial charge in [-0.3, -0.25) is 14.6 Å². The highest BCUT2D eigenvalue weighted by Crippen LogP contribution is 2.33. The van der Waals surface area contributed by atoms with Gasteiger partial charge in [0.25, 0.3) is 0 Å². The lowest BCUT2D eigenvalue weighted by atomic mass is 10.1. The Morgan fingerprint density at radius 2 is 1.81 bits per heavy atom. The third-order valence-electron chi connectivity index (χ3n) is 5.56. The van der Waals surface area contributed by atoms with Gasteiger partial charge in [-0.1, -0.05) is 13.0 Å². The molecule has 0 radical (unpaired) electrons. The molecule has 1 amide bonds. The van der Waals surface area contributed by atoms with Crippen molar-refractivity contribution in [2.45, 2.75) is 26.8 Å². The number of benzene rings is 1. The van der Waals surface area contributed by atoms with Gasteiger partial charge in [0.1, 0.15) is 5.00 Å². The smallest absolute Gasteiger partial charge is 0.341 e. The van der Waals surface area contributed by atoms with Crippen LogP contribution in [0.15, 0.2) is 24.3 Å². The second-order valence-corrected chi connectivity index (χ2v) is 8.95. The van der Waals surface area contributed by atoms with Crippen LogP contribution in [0.25, 0.3) is 0 Å². The van der Waals surface area contributed by atoms with Crippen LogP contribution in [0.3, 0.4) is 0 Å². The normalized spacial score (nSPS) is 16.2. The van der Waals surface area contributed by atoms with E-state index in [2.05, 4.69) is 21.2 Å². The molecule has 0 saturated carbocycles. The third-order valence-corrected chi connectivity index (χ3v) is 6.75. The van der Waals surface area contributed by atoms with Crippen molar-refractivity contribution in [2.75, 3.05) is 51.4 Å². The predicted octanol–water partition coefficient (Wildman–Crippen LogP) is 2.97. The number of esters is 1. The number of hydrogen-bond acceptors (Lipinski definition) is 8. The summed E-state index contributed by atoms with van der Waals surface area (Å²) >= 11 is 1.44. The zero-order chi connectivity index (χ0) is 22.5. The molecule has 172 valence electrons. The lowest BCUT2D eigenvalue weighted by Crippen LogP contribution is -2.48. The van der Waals surface area contributed by atoms with Gasteiger partial charge in [0.2, 0.25) is 12.7 Å². The van der Waals surface area contributed by atoms with E-state index in [1.807, 2.05) is 25.1 Å². The standard InChI is InChI=1S/C23H29N3O5S/c1-3-17-12-18(23(28)29-4-2)22(32-17)24-21(27)14-26-9-7-25(8-10-26)13-16-5-6-19-20(11-16)31-15-30-19/h5-6,11-12H,3-4,7-10,13-15H2,1-2H3,(H,24,27). The number of thiophene rings is 1. The lowest BCUT2D eigenvalue weighted by molar-refractivity contribution is -0.117. The zero-order valence-corrected chi connectivity index (χ0v) is 19.3. The van der Waals surface area contributed by atoms with Gasteiger partial charge in [0.15, 0.2) is 11.5 Å². The number of fused-ring (bicyclic) bond motifs is 1. The van der Waals surface area contributed by atoms with Crippen molar-refractivity contribution in [1.29, 1.82) is 0 Å². The van der Waals surface area contributed by atoms with Crippen molar-refractivity contribution >= 4 is 28.2 Å². The largest absolute Gasteiger partial charge is 0.462 e. The second kappa shape index (κ2) is 10.3. The van der Waals surface area contributed by atoms with Gasteiger partial charge in [-0.25, -0.2) is 4.79 Å². The summed E-state index contributed by atoms with van der Waals surface area (Å²) in [6.07, 6.45) is 0.804. The Morgan fingerprint density at radius 3 is 2.56 bits per heavy atom. The van der Waals surface area contributed by atoms with E-state index in [4.69, 9.17) is 14.2 Å². The molecular formula is C23H29N3O5S. The summed E-state index contributed by atoms with van der Waals surface area (Å²) in [7, 11) is 0. The first-order valence-corrected chi connectivity index (χ1v) is 11.8. The average molecular weight is 460 g/mol. The fourth-order valence-electron chi connectivity index (χ4n) is 3.84. The summed E-state index contributed by atoms with van der Waals surface area (Å²) in [5, 5.41) is 3.50. The van der Waals surface area contributed by atoms with Gasteiger partial charge in [0, 0.05) is 37.6 Å². The van der Waals surface area contributed by atoms with Gasteiger partial charge < -0.3 is 19.5 Å². The molecule has 3 heterocycles. The van der Waals surface area contributed by atoms with E-state index in [9.17, 15) is 9.59 Å². The molecule has 32 heavy (non-hydrogen) atoms. The van der Waals surface area contributed by atoms with Gasteiger partial charge in [0.05, 0.1) is 18.7 Å². The molecule has 2 aliphatic rings. The Bertz CT molecular complexity index is 969. The summed E-state index contributed by atoms with van der Waals surface area (Å²) in [5.41, 5.74) is 1.63. The van der Waals surface area contributed by atoms with Crippen molar-refractivity contribution in [1.82, 2.24) is 9.80 Å². The highest BCUT2D eigenvalue weighted by molar-refractivity contribution is 7.16. The van der Waals surface area contributed by atoms with E-state index >= 15 is 0 Å². The molecular weight excluding hydrogens is 430 g/mol.